The van der Waals surface area contributed by atoms with Crippen LogP contribution in [0.25, 0.3) is 0 Å². The molecule has 0 bridgehead atoms. The maximum atomic E-state index is 12.1. The van der Waals surface area contributed by atoms with Crippen molar-refractivity contribution in [2.75, 3.05) is 11.9 Å². The zero-order valence-corrected chi connectivity index (χ0v) is 11.6. The Morgan fingerprint density at radius 2 is 1.95 bits per heavy atom. The Balaban J connectivity index is 1.98. The first-order valence-corrected chi connectivity index (χ1v) is 6.64. The van der Waals surface area contributed by atoms with Gasteiger partial charge in [0.05, 0.1) is 5.92 Å². The van der Waals surface area contributed by atoms with Crippen LogP contribution in [0.4, 0.5) is 5.69 Å². The van der Waals surface area contributed by atoms with Gasteiger partial charge in [-0.15, -0.1) is 0 Å². The molecule has 0 saturated carbocycles. The van der Waals surface area contributed by atoms with Gasteiger partial charge in [0.1, 0.15) is 0 Å². The molecule has 4 nitrogen and oxygen atoms in total. The van der Waals surface area contributed by atoms with Crippen molar-refractivity contribution < 1.29 is 9.59 Å². The van der Waals surface area contributed by atoms with E-state index < -0.39 is 0 Å². The van der Waals surface area contributed by atoms with Gasteiger partial charge < -0.3 is 10.2 Å². The molecule has 1 N–H and O–H groups in total. The first-order valence-electron chi connectivity index (χ1n) is 6.64. The highest BCUT2D eigenvalue weighted by Gasteiger charge is 2.35. The predicted molar refractivity (Wildman–Crippen MR) is 74.8 cm³/mol. The minimum atomic E-state index is -0.240. The maximum Gasteiger partial charge on any atom is 0.229 e. The topological polar surface area (TPSA) is 49.4 Å². The lowest BCUT2D eigenvalue weighted by molar-refractivity contribution is -0.129. The van der Waals surface area contributed by atoms with Crippen molar-refractivity contribution in [2.45, 2.75) is 33.2 Å². The standard InChI is InChI=1S/C15H20N2O2/c1-10(2)17-9-12(8-14(17)18)15(19)16-13-6-4-11(3)5-7-13/h4-7,10,12H,8-9H2,1-3H3,(H,16,19). The van der Waals surface area contributed by atoms with Crippen LogP contribution in [0.5, 0.6) is 0 Å². The number of likely N-dealkylation sites (tertiary alicyclic amines) is 1. The molecule has 102 valence electrons. The van der Waals surface area contributed by atoms with Gasteiger partial charge in [0.15, 0.2) is 0 Å². The molecule has 1 aliphatic heterocycles. The molecule has 19 heavy (non-hydrogen) atoms. The molecule has 0 radical (unpaired) electrons. The van der Waals surface area contributed by atoms with Crippen LogP contribution in [0.1, 0.15) is 25.8 Å². The highest BCUT2D eigenvalue weighted by atomic mass is 16.2. The SMILES string of the molecule is Cc1ccc(NC(=O)C2CC(=O)N(C(C)C)C2)cc1. The Kier molecular flexibility index (Phi) is 3.88. The van der Waals surface area contributed by atoms with E-state index in [2.05, 4.69) is 5.32 Å². The minimum absolute atomic E-state index is 0.0686. The summed E-state index contributed by atoms with van der Waals surface area (Å²) in [5.41, 5.74) is 1.94. The van der Waals surface area contributed by atoms with E-state index in [-0.39, 0.29) is 23.8 Å². The number of rotatable bonds is 3. The Labute approximate surface area is 113 Å². The third-order valence-corrected chi connectivity index (χ3v) is 3.47. The normalized spacial score (nSPS) is 19.1. The Bertz CT molecular complexity index is 479. The Morgan fingerprint density at radius 3 is 2.47 bits per heavy atom. The van der Waals surface area contributed by atoms with Gasteiger partial charge in [-0.25, -0.2) is 0 Å². The van der Waals surface area contributed by atoms with Gasteiger partial charge in [-0.2, -0.15) is 0 Å². The van der Waals surface area contributed by atoms with E-state index in [1.54, 1.807) is 4.90 Å². The number of benzene rings is 1. The highest BCUT2D eigenvalue weighted by molar-refractivity contribution is 5.97. The number of amides is 2. The molecule has 1 atom stereocenters. The largest absolute Gasteiger partial charge is 0.339 e. The quantitative estimate of drug-likeness (QED) is 0.905. The van der Waals surface area contributed by atoms with E-state index in [0.29, 0.717) is 13.0 Å². The van der Waals surface area contributed by atoms with Crippen LogP contribution in [0.15, 0.2) is 24.3 Å². The number of nitrogens with zero attached hydrogens (tertiary/aromatic N) is 1. The monoisotopic (exact) mass is 260 g/mol. The first kappa shape index (κ1) is 13.6. The molecule has 4 heteroatoms. The third kappa shape index (κ3) is 3.13. The van der Waals surface area contributed by atoms with Gasteiger partial charge in [0, 0.05) is 24.7 Å². The second kappa shape index (κ2) is 5.43. The van der Waals surface area contributed by atoms with Crippen molar-refractivity contribution in [3.05, 3.63) is 29.8 Å². The zero-order valence-electron chi connectivity index (χ0n) is 11.6. The van der Waals surface area contributed by atoms with Crippen LogP contribution < -0.4 is 5.32 Å². The van der Waals surface area contributed by atoms with Crippen LogP contribution in [-0.4, -0.2) is 29.3 Å². The summed E-state index contributed by atoms with van der Waals surface area (Å²) < 4.78 is 0. The van der Waals surface area contributed by atoms with Crippen molar-refractivity contribution in [3.63, 3.8) is 0 Å². The van der Waals surface area contributed by atoms with E-state index in [1.807, 2.05) is 45.0 Å². The summed E-state index contributed by atoms with van der Waals surface area (Å²) in [6.45, 7) is 6.46. The number of carbonyl (C=O) groups excluding carboxylic acids is 2. The molecule has 1 aliphatic rings. The van der Waals surface area contributed by atoms with Crippen LogP contribution in [-0.2, 0) is 9.59 Å². The van der Waals surface area contributed by atoms with Gasteiger partial charge >= 0.3 is 0 Å². The number of carbonyl (C=O) groups is 2. The molecule has 0 spiro atoms. The zero-order chi connectivity index (χ0) is 14.0. The summed E-state index contributed by atoms with van der Waals surface area (Å²) in [5.74, 6) is -0.240. The fourth-order valence-corrected chi connectivity index (χ4v) is 2.29. The summed E-state index contributed by atoms with van der Waals surface area (Å²) in [7, 11) is 0. The molecule has 1 aromatic carbocycles. The molecule has 1 aromatic rings. The molecule has 1 heterocycles. The van der Waals surface area contributed by atoms with Crippen molar-refractivity contribution in [2.24, 2.45) is 5.92 Å². The van der Waals surface area contributed by atoms with Crippen molar-refractivity contribution in [1.82, 2.24) is 4.90 Å². The van der Waals surface area contributed by atoms with Gasteiger partial charge in [0.2, 0.25) is 11.8 Å². The molecule has 2 rings (SSSR count). The smallest absolute Gasteiger partial charge is 0.229 e. The molecule has 1 saturated heterocycles. The van der Waals surface area contributed by atoms with Gasteiger partial charge in [-0.1, -0.05) is 17.7 Å². The Morgan fingerprint density at radius 1 is 1.32 bits per heavy atom. The van der Waals surface area contributed by atoms with E-state index in [9.17, 15) is 9.59 Å². The maximum absolute atomic E-state index is 12.1. The molecule has 0 aliphatic carbocycles. The summed E-state index contributed by atoms with van der Waals surface area (Å²) in [6.07, 6.45) is 0.315. The van der Waals surface area contributed by atoms with Crippen LogP contribution >= 0.6 is 0 Å². The fourth-order valence-electron chi connectivity index (χ4n) is 2.29. The molecular formula is C15H20N2O2. The van der Waals surface area contributed by atoms with Crippen molar-refractivity contribution in [3.8, 4) is 0 Å². The number of nitrogens with one attached hydrogen (secondary N) is 1. The second-order valence-corrected chi connectivity index (χ2v) is 5.40. The number of hydrogen-bond donors (Lipinski definition) is 1. The number of anilines is 1. The molecule has 0 aromatic heterocycles. The van der Waals surface area contributed by atoms with E-state index in [0.717, 1.165) is 11.3 Å². The molecule has 1 unspecified atom stereocenters. The lowest BCUT2D eigenvalue weighted by Gasteiger charge is -2.20. The van der Waals surface area contributed by atoms with Gasteiger partial charge in [0.25, 0.3) is 0 Å². The molecule has 2 amide bonds. The lowest BCUT2D eigenvalue weighted by Crippen LogP contribution is -2.33. The van der Waals surface area contributed by atoms with E-state index >= 15 is 0 Å². The average molecular weight is 260 g/mol. The summed E-state index contributed by atoms with van der Waals surface area (Å²) in [4.78, 5) is 25.7. The second-order valence-electron chi connectivity index (χ2n) is 5.40. The summed E-state index contributed by atoms with van der Waals surface area (Å²) in [5, 5.41) is 2.87. The lowest BCUT2D eigenvalue weighted by atomic mass is 10.1. The van der Waals surface area contributed by atoms with E-state index in [1.165, 1.54) is 0 Å². The number of aryl methyl sites for hydroxylation is 1. The van der Waals surface area contributed by atoms with E-state index in [4.69, 9.17) is 0 Å². The van der Waals surface area contributed by atoms with Crippen LogP contribution in [0.3, 0.4) is 0 Å². The summed E-state index contributed by atoms with van der Waals surface area (Å²) >= 11 is 0. The highest BCUT2D eigenvalue weighted by Crippen LogP contribution is 2.21. The van der Waals surface area contributed by atoms with Crippen molar-refractivity contribution in [1.29, 1.82) is 0 Å². The first-order chi connectivity index (χ1) is 8.97. The van der Waals surface area contributed by atoms with Gasteiger partial charge in [-0.3, -0.25) is 9.59 Å². The van der Waals surface area contributed by atoms with Gasteiger partial charge in [-0.05, 0) is 32.9 Å². The van der Waals surface area contributed by atoms with Crippen molar-refractivity contribution >= 4 is 17.5 Å². The van der Waals surface area contributed by atoms with Crippen LogP contribution in [0, 0.1) is 12.8 Å². The third-order valence-electron chi connectivity index (χ3n) is 3.47. The molecular weight excluding hydrogens is 240 g/mol. The number of hydrogen-bond acceptors (Lipinski definition) is 2. The predicted octanol–water partition coefficient (Wildman–Crippen LogP) is 2.19. The summed E-state index contributed by atoms with van der Waals surface area (Å²) in [6, 6.07) is 7.82. The average Bonchev–Trinajstić information content (AvgIpc) is 2.74. The minimum Gasteiger partial charge on any atom is -0.339 e. The molecule has 1 fully saturated rings. The Hall–Kier alpha value is -1.84. The van der Waals surface area contributed by atoms with Crippen LogP contribution in [0.2, 0.25) is 0 Å². The fraction of sp³-hybridized carbons (Fsp3) is 0.467.